The van der Waals surface area contributed by atoms with Crippen molar-refractivity contribution in [3.05, 3.63) is 29.3 Å². The number of hydrogen-bond donors (Lipinski definition) is 1. The lowest BCUT2D eigenvalue weighted by atomic mass is 10.2. The molecule has 0 amide bonds. The van der Waals surface area contributed by atoms with Crippen LogP contribution in [0.15, 0.2) is 17.0 Å². The zero-order valence-electron chi connectivity index (χ0n) is 10.3. The number of nitrogens with one attached hydrogen (secondary N) is 1. The van der Waals surface area contributed by atoms with Crippen molar-refractivity contribution in [2.75, 3.05) is 19.4 Å². The van der Waals surface area contributed by atoms with Crippen LogP contribution in [0, 0.1) is 11.6 Å². The first-order chi connectivity index (χ1) is 8.70. The van der Waals surface area contributed by atoms with Crippen LogP contribution in [0.5, 0.6) is 0 Å². The largest absolute Gasteiger partial charge is 0.377 e. The van der Waals surface area contributed by atoms with Crippen LogP contribution in [0.25, 0.3) is 0 Å². The Morgan fingerprint density at radius 2 is 2.11 bits per heavy atom. The van der Waals surface area contributed by atoms with Gasteiger partial charge in [-0.3, -0.25) is 0 Å². The minimum Gasteiger partial charge on any atom is -0.377 e. The van der Waals surface area contributed by atoms with Crippen LogP contribution < -0.4 is 5.32 Å². The SMILES string of the molecule is CNCc1cc(F)c(SCC2CCCO2)c(F)c1. The first kappa shape index (κ1) is 13.8. The molecule has 100 valence electrons. The first-order valence-corrected chi connectivity index (χ1v) is 7.06. The van der Waals surface area contributed by atoms with E-state index in [-0.39, 0.29) is 11.0 Å². The highest BCUT2D eigenvalue weighted by Gasteiger charge is 2.18. The zero-order chi connectivity index (χ0) is 13.0. The summed E-state index contributed by atoms with van der Waals surface area (Å²) in [5.41, 5.74) is 0.619. The van der Waals surface area contributed by atoms with E-state index in [1.807, 2.05) is 0 Å². The molecule has 2 nitrogen and oxygen atoms in total. The third-order valence-electron chi connectivity index (χ3n) is 2.88. The highest BCUT2D eigenvalue weighted by atomic mass is 32.2. The third-order valence-corrected chi connectivity index (χ3v) is 4.09. The number of ether oxygens (including phenoxy) is 1. The molecule has 2 rings (SSSR count). The summed E-state index contributed by atoms with van der Waals surface area (Å²) in [5.74, 6) is -0.356. The average molecular weight is 273 g/mol. The lowest BCUT2D eigenvalue weighted by Gasteiger charge is -2.11. The highest BCUT2D eigenvalue weighted by Crippen LogP contribution is 2.29. The van der Waals surface area contributed by atoms with E-state index in [2.05, 4.69) is 5.32 Å². The molecule has 0 spiro atoms. The van der Waals surface area contributed by atoms with Crippen LogP contribution in [-0.4, -0.2) is 25.5 Å². The van der Waals surface area contributed by atoms with Gasteiger partial charge in [0.25, 0.3) is 0 Å². The Morgan fingerprint density at radius 1 is 1.39 bits per heavy atom. The normalized spacial score (nSPS) is 19.4. The van der Waals surface area contributed by atoms with Crippen molar-refractivity contribution in [2.24, 2.45) is 0 Å². The van der Waals surface area contributed by atoms with E-state index < -0.39 is 11.6 Å². The Hall–Kier alpha value is -0.650. The van der Waals surface area contributed by atoms with Gasteiger partial charge in [-0.25, -0.2) is 8.78 Å². The van der Waals surface area contributed by atoms with Crippen LogP contribution in [0.3, 0.4) is 0 Å². The lowest BCUT2D eigenvalue weighted by molar-refractivity contribution is 0.129. The molecule has 1 aromatic carbocycles. The number of thioether (sulfide) groups is 1. The molecule has 0 bridgehead atoms. The van der Waals surface area contributed by atoms with Crippen molar-refractivity contribution in [2.45, 2.75) is 30.4 Å². The average Bonchev–Trinajstić information content (AvgIpc) is 2.81. The maximum atomic E-state index is 13.8. The van der Waals surface area contributed by atoms with E-state index in [1.165, 1.54) is 23.9 Å². The minimum atomic E-state index is -0.483. The molecule has 0 saturated carbocycles. The standard InChI is InChI=1S/C13H17F2NOS/c1-16-7-9-5-11(14)13(12(15)6-9)18-8-10-3-2-4-17-10/h5-6,10,16H,2-4,7-8H2,1H3. The van der Waals surface area contributed by atoms with E-state index in [4.69, 9.17) is 4.74 Å². The Labute approximate surface area is 110 Å². The molecular weight excluding hydrogens is 256 g/mol. The molecule has 1 atom stereocenters. The van der Waals surface area contributed by atoms with Crippen LogP contribution in [0.4, 0.5) is 8.78 Å². The summed E-state index contributed by atoms with van der Waals surface area (Å²) < 4.78 is 33.0. The van der Waals surface area contributed by atoms with Gasteiger partial charge in [-0.15, -0.1) is 11.8 Å². The van der Waals surface area contributed by atoms with Gasteiger partial charge in [-0.05, 0) is 37.6 Å². The summed E-state index contributed by atoms with van der Waals surface area (Å²) in [4.78, 5) is 0.102. The molecule has 1 fully saturated rings. The van der Waals surface area contributed by atoms with Crippen molar-refractivity contribution >= 4 is 11.8 Å². The van der Waals surface area contributed by atoms with Crippen molar-refractivity contribution in [3.8, 4) is 0 Å². The second-order valence-corrected chi connectivity index (χ2v) is 5.40. The lowest BCUT2D eigenvalue weighted by Crippen LogP contribution is -2.09. The molecule has 1 aliphatic rings. The van der Waals surface area contributed by atoms with Crippen molar-refractivity contribution in [1.82, 2.24) is 5.32 Å². The minimum absolute atomic E-state index is 0.102. The molecule has 1 N–H and O–H groups in total. The van der Waals surface area contributed by atoms with Gasteiger partial charge in [0.1, 0.15) is 11.6 Å². The van der Waals surface area contributed by atoms with E-state index in [0.717, 1.165) is 19.4 Å². The van der Waals surface area contributed by atoms with Crippen LogP contribution in [0.1, 0.15) is 18.4 Å². The number of hydrogen-bond acceptors (Lipinski definition) is 3. The maximum absolute atomic E-state index is 13.8. The summed E-state index contributed by atoms with van der Waals surface area (Å²) in [6.45, 7) is 1.22. The highest BCUT2D eigenvalue weighted by molar-refractivity contribution is 7.99. The van der Waals surface area contributed by atoms with Gasteiger partial charge in [0.05, 0.1) is 11.0 Å². The van der Waals surface area contributed by atoms with Gasteiger partial charge in [0, 0.05) is 18.9 Å². The first-order valence-electron chi connectivity index (χ1n) is 6.07. The van der Waals surface area contributed by atoms with E-state index in [1.54, 1.807) is 7.05 Å². The molecule has 0 radical (unpaired) electrons. The van der Waals surface area contributed by atoms with E-state index in [9.17, 15) is 8.78 Å². The van der Waals surface area contributed by atoms with Crippen LogP contribution in [-0.2, 0) is 11.3 Å². The fraction of sp³-hybridized carbons (Fsp3) is 0.538. The van der Waals surface area contributed by atoms with Crippen LogP contribution in [0.2, 0.25) is 0 Å². The zero-order valence-corrected chi connectivity index (χ0v) is 11.2. The topological polar surface area (TPSA) is 21.3 Å². The molecule has 0 aliphatic carbocycles. The fourth-order valence-electron chi connectivity index (χ4n) is 2.01. The van der Waals surface area contributed by atoms with E-state index in [0.29, 0.717) is 17.9 Å². The summed E-state index contributed by atoms with van der Waals surface area (Å²) in [7, 11) is 1.75. The smallest absolute Gasteiger partial charge is 0.140 e. The van der Waals surface area contributed by atoms with Gasteiger partial charge in [-0.2, -0.15) is 0 Å². The summed E-state index contributed by atoms with van der Waals surface area (Å²) >= 11 is 1.20. The van der Waals surface area contributed by atoms with Crippen molar-refractivity contribution in [1.29, 1.82) is 0 Å². The second kappa shape index (κ2) is 6.50. The summed E-state index contributed by atoms with van der Waals surface area (Å²) in [6, 6.07) is 2.77. The fourth-order valence-corrected chi connectivity index (χ4v) is 3.02. The molecule has 1 heterocycles. The van der Waals surface area contributed by atoms with Crippen LogP contribution >= 0.6 is 11.8 Å². The maximum Gasteiger partial charge on any atom is 0.140 e. The molecule has 1 aliphatic heterocycles. The Kier molecular flexibility index (Phi) is 4.97. The second-order valence-electron chi connectivity index (χ2n) is 4.36. The van der Waals surface area contributed by atoms with Gasteiger partial charge in [0.2, 0.25) is 0 Å². The quantitative estimate of drug-likeness (QED) is 0.833. The molecule has 1 aromatic rings. The van der Waals surface area contributed by atoms with Gasteiger partial charge < -0.3 is 10.1 Å². The Morgan fingerprint density at radius 3 is 2.67 bits per heavy atom. The molecule has 1 saturated heterocycles. The predicted octanol–water partition coefficient (Wildman–Crippen LogP) is 2.96. The number of rotatable bonds is 5. The number of halogens is 2. The summed E-state index contributed by atoms with van der Waals surface area (Å²) in [6.07, 6.45) is 2.15. The third kappa shape index (κ3) is 3.43. The Bertz CT molecular complexity index is 385. The van der Waals surface area contributed by atoms with Gasteiger partial charge in [0.15, 0.2) is 0 Å². The molecule has 1 unspecified atom stereocenters. The Balaban J connectivity index is 2.02. The number of benzene rings is 1. The summed E-state index contributed by atoms with van der Waals surface area (Å²) in [5, 5.41) is 2.87. The monoisotopic (exact) mass is 273 g/mol. The molecular formula is C13H17F2NOS. The van der Waals surface area contributed by atoms with Crippen molar-refractivity contribution < 1.29 is 13.5 Å². The molecule has 0 aromatic heterocycles. The molecule has 18 heavy (non-hydrogen) atoms. The predicted molar refractivity (Wildman–Crippen MR) is 68.8 cm³/mol. The molecule has 5 heteroatoms. The van der Waals surface area contributed by atoms with E-state index >= 15 is 0 Å². The van der Waals surface area contributed by atoms with Gasteiger partial charge in [-0.1, -0.05) is 0 Å². The van der Waals surface area contributed by atoms with Crippen molar-refractivity contribution in [3.63, 3.8) is 0 Å². The van der Waals surface area contributed by atoms with Gasteiger partial charge >= 0.3 is 0 Å².